The number of imidazole rings is 1. The van der Waals surface area contributed by atoms with Gasteiger partial charge < -0.3 is 15.0 Å². The molecule has 1 aromatic rings. The van der Waals surface area contributed by atoms with Crippen LogP contribution in [-0.2, 0) is 7.05 Å². The fourth-order valence-corrected chi connectivity index (χ4v) is 1.11. The van der Waals surface area contributed by atoms with Crippen LogP contribution in [0.3, 0.4) is 0 Å². The highest BCUT2D eigenvalue weighted by Gasteiger charge is 2.23. The second kappa shape index (κ2) is 2.76. The van der Waals surface area contributed by atoms with E-state index in [-0.39, 0.29) is 5.69 Å². The van der Waals surface area contributed by atoms with Crippen LogP contribution in [0.15, 0.2) is 6.20 Å². The van der Waals surface area contributed by atoms with Gasteiger partial charge in [-0.3, -0.25) is 0 Å². The summed E-state index contributed by atoms with van der Waals surface area (Å²) in [6.45, 7) is 0. The molecule has 0 radical (unpaired) electrons. The molecule has 0 aliphatic heterocycles. The number of hydrogen-bond donors (Lipinski definition) is 2. The average molecular weight is 181 g/mol. The number of nitrogens with one attached hydrogen (secondary N) is 1. The number of aryl methyl sites for hydroxylation is 1. The van der Waals surface area contributed by atoms with Gasteiger partial charge in [0.05, 0.1) is 0 Å². The van der Waals surface area contributed by atoms with Crippen LogP contribution in [0, 0.1) is 0 Å². The molecule has 5 nitrogen and oxygen atoms in total. The fraction of sp³-hybridized carbons (Fsp3) is 0.500. The van der Waals surface area contributed by atoms with Gasteiger partial charge in [0.25, 0.3) is 0 Å². The Balaban J connectivity index is 2.18. The molecule has 70 valence electrons. The molecular formula is C8H11N3O2. The minimum absolute atomic E-state index is 0.0886. The van der Waals surface area contributed by atoms with Crippen molar-refractivity contribution in [1.82, 2.24) is 9.55 Å². The summed E-state index contributed by atoms with van der Waals surface area (Å²) in [5.74, 6) is -0.348. The lowest BCUT2D eigenvalue weighted by molar-refractivity contribution is 0.0691. The lowest BCUT2D eigenvalue weighted by Crippen LogP contribution is -2.06. The van der Waals surface area contributed by atoms with Crippen LogP contribution in [0.2, 0.25) is 0 Å². The molecule has 0 amide bonds. The molecule has 1 aromatic heterocycles. The Morgan fingerprint density at radius 2 is 2.46 bits per heavy atom. The molecule has 1 aliphatic rings. The van der Waals surface area contributed by atoms with E-state index in [4.69, 9.17) is 5.11 Å². The number of carboxylic acids is 1. The molecule has 0 spiro atoms. The van der Waals surface area contributed by atoms with E-state index in [2.05, 4.69) is 10.3 Å². The summed E-state index contributed by atoms with van der Waals surface area (Å²) in [7, 11) is 1.78. The standard InChI is InChI=1S/C8H11N3O2/c1-11-4-6(7(12)13)10-8(11)9-5-2-3-5/h4-5H,2-3H2,1H3,(H,9,10)(H,12,13). The van der Waals surface area contributed by atoms with E-state index < -0.39 is 5.97 Å². The zero-order valence-corrected chi connectivity index (χ0v) is 7.32. The van der Waals surface area contributed by atoms with E-state index >= 15 is 0 Å². The van der Waals surface area contributed by atoms with E-state index in [1.54, 1.807) is 11.6 Å². The second-order valence-corrected chi connectivity index (χ2v) is 3.28. The first-order valence-corrected chi connectivity index (χ1v) is 4.20. The van der Waals surface area contributed by atoms with Crippen molar-refractivity contribution in [2.75, 3.05) is 5.32 Å². The van der Waals surface area contributed by atoms with E-state index in [0.717, 1.165) is 12.8 Å². The van der Waals surface area contributed by atoms with Crippen molar-refractivity contribution in [3.63, 3.8) is 0 Å². The van der Waals surface area contributed by atoms with Crippen LogP contribution in [0.4, 0.5) is 5.95 Å². The number of nitrogens with zero attached hydrogens (tertiary/aromatic N) is 2. The summed E-state index contributed by atoms with van der Waals surface area (Å²) < 4.78 is 1.70. The molecule has 0 saturated heterocycles. The van der Waals surface area contributed by atoms with Crippen LogP contribution < -0.4 is 5.32 Å². The quantitative estimate of drug-likeness (QED) is 0.720. The first-order valence-electron chi connectivity index (χ1n) is 4.20. The third kappa shape index (κ3) is 1.63. The average Bonchev–Trinajstić information content (AvgIpc) is 2.78. The molecule has 2 N–H and O–H groups in total. The normalized spacial score (nSPS) is 15.8. The van der Waals surface area contributed by atoms with Crippen LogP contribution in [0.25, 0.3) is 0 Å². The smallest absolute Gasteiger partial charge is 0.356 e. The monoisotopic (exact) mass is 181 g/mol. The van der Waals surface area contributed by atoms with Gasteiger partial charge >= 0.3 is 5.97 Å². The SMILES string of the molecule is Cn1cc(C(=O)O)nc1NC1CC1. The van der Waals surface area contributed by atoms with Crippen LogP contribution >= 0.6 is 0 Å². The molecule has 0 aromatic carbocycles. The highest BCUT2D eigenvalue weighted by atomic mass is 16.4. The van der Waals surface area contributed by atoms with Gasteiger partial charge in [-0.15, -0.1) is 0 Å². The van der Waals surface area contributed by atoms with Gasteiger partial charge in [0.2, 0.25) is 5.95 Å². The number of carbonyl (C=O) groups is 1. The molecule has 0 bridgehead atoms. The van der Waals surface area contributed by atoms with Crippen LogP contribution in [0.1, 0.15) is 23.3 Å². The highest BCUT2D eigenvalue weighted by Crippen LogP contribution is 2.23. The Morgan fingerprint density at radius 1 is 1.77 bits per heavy atom. The summed E-state index contributed by atoms with van der Waals surface area (Å²) in [5.41, 5.74) is 0.0886. The number of aromatic nitrogens is 2. The van der Waals surface area contributed by atoms with E-state index in [9.17, 15) is 4.79 Å². The van der Waals surface area contributed by atoms with Crippen molar-refractivity contribution >= 4 is 11.9 Å². The van der Waals surface area contributed by atoms with Crippen molar-refractivity contribution in [3.05, 3.63) is 11.9 Å². The minimum Gasteiger partial charge on any atom is -0.476 e. The summed E-state index contributed by atoms with van der Waals surface area (Å²) >= 11 is 0. The number of anilines is 1. The summed E-state index contributed by atoms with van der Waals surface area (Å²) in [6, 6.07) is 0.489. The van der Waals surface area contributed by atoms with Crippen molar-refractivity contribution in [2.24, 2.45) is 7.05 Å². The zero-order valence-electron chi connectivity index (χ0n) is 7.32. The molecule has 0 atom stereocenters. The van der Waals surface area contributed by atoms with Crippen molar-refractivity contribution < 1.29 is 9.90 Å². The first-order chi connectivity index (χ1) is 6.16. The van der Waals surface area contributed by atoms with Crippen LogP contribution in [0.5, 0.6) is 0 Å². The van der Waals surface area contributed by atoms with Gasteiger partial charge in [-0.25, -0.2) is 9.78 Å². The second-order valence-electron chi connectivity index (χ2n) is 3.28. The van der Waals surface area contributed by atoms with Crippen molar-refractivity contribution in [2.45, 2.75) is 18.9 Å². The highest BCUT2D eigenvalue weighted by molar-refractivity contribution is 5.85. The maximum atomic E-state index is 10.6. The third-order valence-corrected chi connectivity index (χ3v) is 2.01. The van der Waals surface area contributed by atoms with Gasteiger partial charge in [0.15, 0.2) is 5.69 Å². The molecule has 1 heterocycles. The molecule has 1 aliphatic carbocycles. The fourth-order valence-electron chi connectivity index (χ4n) is 1.11. The van der Waals surface area contributed by atoms with Gasteiger partial charge in [0.1, 0.15) is 0 Å². The minimum atomic E-state index is -0.987. The molecule has 0 unspecified atom stereocenters. The predicted octanol–water partition coefficient (Wildman–Crippen LogP) is 0.693. The molecule has 5 heteroatoms. The van der Waals surface area contributed by atoms with Gasteiger partial charge in [-0.05, 0) is 12.8 Å². The van der Waals surface area contributed by atoms with Gasteiger partial charge in [-0.2, -0.15) is 0 Å². The lowest BCUT2D eigenvalue weighted by Gasteiger charge is -2.01. The molecule has 2 rings (SSSR count). The van der Waals surface area contributed by atoms with Gasteiger partial charge in [-0.1, -0.05) is 0 Å². The molecule has 1 saturated carbocycles. The van der Waals surface area contributed by atoms with Crippen LogP contribution in [-0.4, -0.2) is 26.7 Å². The number of carboxylic acid groups (broad SMARTS) is 1. The molecule has 13 heavy (non-hydrogen) atoms. The summed E-state index contributed by atoms with van der Waals surface area (Å²) in [6.07, 6.45) is 3.80. The van der Waals surface area contributed by atoms with E-state index in [1.165, 1.54) is 6.20 Å². The number of aromatic carboxylic acids is 1. The first kappa shape index (κ1) is 8.10. The number of hydrogen-bond acceptors (Lipinski definition) is 3. The summed E-state index contributed by atoms with van der Waals surface area (Å²) in [5, 5.41) is 11.8. The predicted molar refractivity (Wildman–Crippen MR) is 46.8 cm³/mol. The maximum absolute atomic E-state index is 10.6. The zero-order chi connectivity index (χ0) is 9.42. The molecular weight excluding hydrogens is 170 g/mol. The largest absolute Gasteiger partial charge is 0.476 e. The Morgan fingerprint density at radius 3 is 2.92 bits per heavy atom. The van der Waals surface area contributed by atoms with Crippen molar-refractivity contribution in [1.29, 1.82) is 0 Å². The number of rotatable bonds is 3. The Labute approximate surface area is 75.4 Å². The Kier molecular flexibility index (Phi) is 1.72. The van der Waals surface area contributed by atoms with E-state index in [1.807, 2.05) is 0 Å². The Hall–Kier alpha value is -1.52. The molecule has 1 fully saturated rings. The third-order valence-electron chi connectivity index (χ3n) is 2.01. The Bertz CT molecular complexity index is 341. The topological polar surface area (TPSA) is 67.2 Å². The van der Waals surface area contributed by atoms with Crippen molar-refractivity contribution in [3.8, 4) is 0 Å². The van der Waals surface area contributed by atoms with Gasteiger partial charge in [0, 0.05) is 19.3 Å². The van der Waals surface area contributed by atoms with E-state index in [0.29, 0.717) is 12.0 Å². The summed E-state index contributed by atoms with van der Waals surface area (Å²) in [4.78, 5) is 14.5. The maximum Gasteiger partial charge on any atom is 0.356 e. The lowest BCUT2D eigenvalue weighted by atomic mass is 10.5.